The van der Waals surface area contributed by atoms with Crippen LogP contribution in [0.15, 0.2) is 77.8 Å². The van der Waals surface area contributed by atoms with Gasteiger partial charge in [0.1, 0.15) is 17.2 Å². The van der Waals surface area contributed by atoms with Gasteiger partial charge >= 0.3 is 0 Å². The largest absolute Gasteiger partial charge is 0.497 e. The minimum atomic E-state index is -0.273. The maximum absolute atomic E-state index is 12.8. The highest BCUT2D eigenvalue weighted by molar-refractivity contribution is 7.16. The topological polar surface area (TPSA) is 52.8 Å². The van der Waals surface area contributed by atoms with Crippen LogP contribution in [0.4, 0.5) is 0 Å². The first-order chi connectivity index (χ1) is 14.7. The van der Waals surface area contributed by atoms with Crippen LogP contribution in [-0.2, 0) is 6.54 Å². The van der Waals surface area contributed by atoms with Crippen LogP contribution >= 0.6 is 11.3 Å². The fourth-order valence-electron chi connectivity index (χ4n) is 3.15. The Labute approximate surface area is 178 Å². The van der Waals surface area contributed by atoms with E-state index in [4.69, 9.17) is 9.47 Å². The highest BCUT2D eigenvalue weighted by Crippen LogP contribution is 2.24. The van der Waals surface area contributed by atoms with Crippen molar-refractivity contribution in [1.29, 1.82) is 0 Å². The number of ether oxygens (including phenoxy) is 2. The minimum Gasteiger partial charge on any atom is -0.497 e. The van der Waals surface area contributed by atoms with Crippen molar-refractivity contribution >= 4 is 27.5 Å². The molecule has 0 fully saturated rings. The van der Waals surface area contributed by atoms with Gasteiger partial charge in [-0.2, -0.15) is 4.99 Å². The van der Waals surface area contributed by atoms with Crippen molar-refractivity contribution in [1.82, 2.24) is 4.57 Å². The second kappa shape index (κ2) is 8.97. The third-order valence-electron chi connectivity index (χ3n) is 4.61. The van der Waals surface area contributed by atoms with E-state index in [1.54, 1.807) is 31.4 Å². The van der Waals surface area contributed by atoms with E-state index in [1.165, 1.54) is 11.3 Å². The number of aromatic nitrogens is 1. The van der Waals surface area contributed by atoms with Gasteiger partial charge in [0.2, 0.25) is 0 Å². The highest BCUT2D eigenvalue weighted by atomic mass is 32.1. The molecular weight excluding hydrogens is 396 g/mol. The Kier molecular flexibility index (Phi) is 5.95. The molecule has 3 aromatic carbocycles. The third kappa shape index (κ3) is 4.28. The maximum Gasteiger partial charge on any atom is 0.279 e. The van der Waals surface area contributed by atoms with Crippen LogP contribution in [0.5, 0.6) is 17.2 Å². The molecule has 1 heterocycles. The minimum absolute atomic E-state index is 0.273. The number of thiazole rings is 1. The van der Waals surface area contributed by atoms with Gasteiger partial charge in [-0.3, -0.25) is 4.79 Å². The number of amides is 1. The zero-order chi connectivity index (χ0) is 20.9. The predicted molar refractivity (Wildman–Crippen MR) is 120 cm³/mol. The van der Waals surface area contributed by atoms with Crippen molar-refractivity contribution in [3.63, 3.8) is 0 Å². The zero-order valence-corrected chi connectivity index (χ0v) is 17.7. The van der Waals surface area contributed by atoms with E-state index in [1.807, 2.05) is 48.5 Å². The summed E-state index contributed by atoms with van der Waals surface area (Å²) in [7, 11) is 1.65. The first-order valence-electron chi connectivity index (χ1n) is 9.77. The van der Waals surface area contributed by atoms with Crippen LogP contribution in [0.3, 0.4) is 0 Å². The van der Waals surface area contributed by atoms with Gasteiger partial charge in [0.15, 0.2) is 4.80 Å². The quantitative estimate of drug-likeness (QED) is 0.406. The molecule has 5 nitrogen and oxygen atoms in total. The van der Waals surface area contributed by atoms with E-state index in [0.29, 0.717) is 16.1 Å². The highest BCUT2D eigenvalue weighted by Gasteiger charge is 2.10. The van der Waals surface area contributed by atoms with Crippen LogP contribution in [0, 0.1) is 0 Å². The summed E-state index contributed by atoms with van der Waals surface area (Å²) in [6.07, 6.45) is 0.949. The van der Waals surface area contributed by atoms with Gasteiger partial charge in [-0.15, -0.1) is 0 Å². The van der Waals surface area contributed by atoms with Crippen molar-refractivity contribution in [3.8, 4) is 17.2 Å². The molecule has 1 amide bonds. The van der Waals surface area contributed by atoms with E-state index in [2.05, 4.69) is 16.5 Å². The molecule has 0 aliphatic carbocycles. The third-order valence-corrected chi connectivity index (χ3v) is 5.66. The Morgan fingerprint density at radius 2 is 1.67 bits per heavy atom. The molecule has 30 heavy (non-hydrogen) atoms. The van der Waals surface area contributed by atoms with Gasteiger partial charge in [-0.25, -0.2) is 0 Å². The summed E-state index contributed by atoms with van der Waals surface area (Å²) >= 11 is 1.49. The van der Waals surface area contributed by atoms with Crippen LogP contribution in [-0.4, -0.2) is 17.6 Å². The number of rotatable bonds is 6. The Morgan fingerprint density at radius 3 is 2.37 bits per heavy atom. The molecule has 0 aliphatic heterocycles. The molecule has 0 saturated carbocycles. The van der Waals surface area contributed by atoms with Crippen molar-refractivity contribution in [3.05, 3.63) is 83.2 Å². The number of para-hydroxylation sites is 1. The van der Waals surface area contributed by atoms with Crippen LogP contribution in [0.1, 0.15) is 23.7 Å². The molecule has 0 bridgehead atoms. The van der Waals surface area contributed by atoms with Crippen molar-refractivity contribution in [2.24, 2.45) is 4.99 Å². The van der Waals surface area contributed by atoms with Crippen LogP contribution < -0.4 is 14.3 Å². The summed E-state index contributed by atoms with van der Waals surface area (Å²) in [5.41, 5.74) is 1.58. The second-order valence-electron chi connectivity index (χ2n) is 6.73. The van der Waals surface area contributed by atoms with Gasteiger partial charge < -0.3 is 14.0 Å². The number of benzene rings is 3. The number of aryl methyl sites for hydroxylation is 1. The molecule has 0 saturated heterocycles. The van der Waals surface area contributed by atoms with Gasteiger partial charge in [0.25, 0.3) is 5.91 Å². The maximum atomic E-state index is 12.8. The number of carbonyl (C=O) groups excluding carboxylic acids is 1. The summed E-state index contributed by atoms with van der Waals surface area (Å²) in [6, 6.07) is 22.5. The lowest BCUT2D eigenvalue weighted by atomic mass is 10.2. The molecule has 0 spiro atoms. The monoisotopic (exact) mass is 418 g/mol. The summed E-state index contributed by atoms with van der Waals surface area (Å²) in [5, 5.41) is 0. The Balaban J connectivity index is 1.63. The van der Waals surface area contributed by atoms with Crippen LogP contribution in [0.25, 0.3) is 10.2 Å². The lowest BCUT2D eigenvalue weighted by molar-refractivity contribution is 0.0998. The lowest BCUT2D eigenvalue weighted by Gasteiger charge is -2.05. The number of methoxy groups -OCH3 is 1. The van der Waals surface area contributed by atoms with Crippen LogP contribution in [0.2, 0.25) is 0 Å². The van der Waals surface area contributed by atoms with E-state index < -0.39 is 0 Å². The standard InChI is InChI=1S/C24H22N2O3S/c1-3-15-26-21-14-13-20(28-2)16-22(21)30-24(26)25-23(27)17-9-11-19(12-10-17)29-18-7-5-4-6-8-18/h4-14,16H,3,15H2,1-2H3. The molecule has 0 atom stereocenters. The number of nitrogens with zero attached hydrogens (tertiary/aromatic N) is 2. The van der Waals surface area contributed by atoms with E-state index >= 15 is 0 Å². The first kappa shape index (κ1) is 19.9. The number of carbonyl (C=O) groups is 1. The van der Waals surface area contributed by atoms with Gasteiger partial charge in [0.05, 0.1) is 17.3 Å². The fourth-order valence-corrected chi connectivity index (χ4v) is 4.23. The summed E-state index contributed by atoms with van der Waals surface area (Å²) in [4.78, 5) is 17.9. The number of fused-ring (bicyclic) bond motifs is 1. The molecule has 0 unspecified atom stereocenters. The molecule has 152 valence electrons. The number of hydrogen-bond donors (Lipinski definition) is 0. The van der Waals surface area contributed by atoms with Gasteiger partial charge in [0, 0.05) is 12.1 Å². The smallest absolute Gasteiger partial charge is 0.279 e. The van der Waals surface area contributed by atoms with Gasteiger partial charge in [-0.05, 0) is 61.0 Å². The summed E-state index contributed by atoms with van der Waals surface area (Å²) in [5.74, 6) is 1.94. The molecule has 0 radical (unpaired) electrons. The Hall–Kier alpha value is -3.38. The molecule has 1 aromatic heterocycles. The summed E-state index contributed by atoms with van der Waals surface area (Å²) in [6.45, 7) is 2.90. The molecule has 0 aliphatic rings. The average molecular weight is 419 g/mol. The Morgan fingerprint density at radius 1 is 0.967 bits per heavy atom. The molecular formula is C24H22N2O3S. The zero-order valence-electron chi connectivity index (χ0n) is 16.9. The number of hydrogen-bond acceptors (Lipinski definition) is 4. The van der Waals surface area contributed by atoms with E-state index in [9.17, 15) is 4.79 Å². The van der Waals surface area contributed by atoms with Crippen molar-refractivity contribution < 1.29 is 14.3 Å². The summed E-state index contributed by atoms with van der Waals surface area (Å²) < 4.78 is 14.2. The van der Waals surface area contributed by atoms with Gasteiger partial charge in [-0.1, -0.05) is 36.5 Å². The molecule has 4 rings (SSSR count). The Bertz CT molecular complexity index is 1230. The van der Waals surface area contributed by atoms with E-state index in [-0.39, 0.29) is 5.91 Å². The molecule has 6 heteroatoms. The lowest BCUT2D eigenvalue weighted by Crippen LogP contribution is -2.16. The van der Waals surface area contributed by atoms with Crippen molar-refractivity contribution in [2.75, 3.05) is 7.11 Å². The second-order valence-corrected chi connectivity index (χ2v) is 7.74. The normalized spacial score (nSPS) is 11.6. The fraction of sp³-hybridized carbons (Fsp3) is 0.167. The first-order valence-corrected chi connectivity index (χ1v) is 10.6. The van der Waals surface area contributed by atoms with E-state index in [0.717, 1.165) is 34.7 Å². The molecule has 0 N–H and O–H groups in total. The van der Waals surface area contributed by atoms with Crippen molar-refractivity contribution in [2.45, 2.75) is 19.9 Å². The molecule has 4 aromatic rings. The SMILES string of the molecule is CCCn1c(=NC(=O)c2ccc(Oc3ccccc3)cc2)sc2cc(OC)ccc21. The predicted octanol–water partition coefficient (Wildman–Crippen LogP) is 5.65. The average Bonchev–Trinajstić information content (AvgIpc) is 3.11.